The molecule has 0 fully saturated rings. The monoisotopic (exact) mass is 379 g/mol. The largest absolute Gasteiger partial charge is 0.489 e. The lowest BCUT2D eigenvalue weighted by molar-refractivity contribution is 0.305. The van der Waals surface area contributed by atoms with Gasteiger partial charge in [0.25, 0.3) is 0 Å². The van der Waals surface area contributed by atoms with E-state index in [-0.39, 0.29) is 6.04 Å². The second-order valence-corrected chi connectivity index (χ2v) is 6.52. The van der Waals surface area contributed by atoms with E-state index in [4.69, 9.17) is 10.5 Å². The summed E-state index contributed by atoms with van der Waals surface area (Å²) >= 11 is 2.31. The van der Waals surface area contributed by atoms with Gasteiger partial charge in [0.2, 0.25) is 0 Å². The van der Waals surface area contributed by atoms with E-state index in [9.17, 15) is 0 Å². The second-order valence-electron chi connectivity index (χ2n) is 5.27. The summed E-state index contributed by atoms with van der Waals surface area (Å²) in [5, 5.41) is 0. The molecule has 0 unspecified atom stereocenters. The summed E-state index contributed by atoms with van der Waals surface area (Å²) in [6, 6.07) is 14.9. The van der Waals surface area contributed by atoms with Crippen molar-refractivity contribution in [2.45, 2.75) is 31.9 Å². The van der Waals surface area contributed by atoms with Crippen molar-refractivity contribution in [3.05, 3.63) is 62.7 Å². The van der Waals surface area contributed by atoms with Gasteiger partial charge < -0.3 is 10.5 Å². The van der Waals surface area contributed by atoms with E-state index in [0.29, 0.717) is 6.61 Å². The normalized spacial score (nSPS) is 17.6. The van der Waals surface area contributed by atoms with Gasteiger partial charge >= 0.3 is 0 Å². The highest BCUT2D eigenvalue weighted by Gasteiger charge is 2.17. The number of aryl methyl sites for hydroxylation is 1. The van der Waals surface area contributed by atoms with Crippen molar-refractivity contribution < 1.29 is 4.74 Å². The van der Waals surface area contributed by atoms with Crippen molar-refractivity contribution in [3.8, 4) is 5.75 Å². The van der Waals surface area contributed by atoms with Crippen molar-refractivity contribution in [3.63, 3.8) is 0 Å². The Morgan fingerprint density at radius 3 is 2.75 bits per heavy atom. The zero-order valence-electron chi connectivity index (χ0n) is 11.3. The van der Waals surface area contributed by atoms with Gasteiger partial charge in [-0.25, -0.2) is 0 Å². The lowest BCUT2D eigenvalue weighted by atomic mass is 9.88. The van der Waals surface area contributed by atoms with Crippen LogP contribution in [0.25, 0.3) is 0 Å². The lowest BCUT2D eigenvalue weighted by Gasteiger charge is -2.22. The fourth-order valence-electron chi connectivity index (χ4n) is 2.65. The Labute approximate surface area is 133 Å². The fourth-order valence-corrected chi connectivity index (χ4v) is 3.01. The first kappa shape index (κ1) is 13.9. The number of fused-ring (bicyclic) bond motifs is 1. The Bertz CT molecular complexity index is 594. The number of ether oxygens (including phenoxy) is 1. The molecular weight excluding hydrogens is 361 g/mol. The molecule has 1 aliphatic rings. The molecule has 0 saturated heterocycles. The molecule has 3 heteroatoms. The predicted octanol–water partition coefficient (Wildman–Crippen LogP) is 4.21. The van der Waals surface area contributed by atoms with Crippen molar-refractivity contribution in [1.29, 1.82) is 0 Å². The molecule has 0 spiro atoms. The van der Waals surface area contributed by atoms with E-state index in [2.05, 4.69) is 65.1 Å². The number of benzene rings is 2. The van der Waals surface area contributed by atoms with E-state index < -0.39 is 0 Å². The summed E-state index contributed by atoms with van der Waals surface area (Å²) in [6.45, 7) is 0.602. The summed E-state index contributed by atoms with van der Waals surface area (Å²) < 4.78 is 7.13. The number of hydrogen-bond acceptors (Lipinski definition) is 2. The van der Waals surface area contributed by atoms with Crippen molar-refractivity contribution in [1.82, 2.24) is 0 Å². The lowest BCUT2D eigenvalue weighted by Crippen LogP contribution is -2.17. The van der Waals surface area contributed by atoms with Gasteiger partial charge in [-0.3, -0.25) is 0 Å². The Morgan fingerprint density at radius 1 is 1.15 bits per heavy atom. The summed E-state index contributed by atoms with van der Waals surface area (Å²) in [5.41, 5.74) is 10.0. The van der Waals surface area contributed by atoms with E-state index in [1.54, 1.807) is 0 Å². The van der Waals surface area contributed by atoms with Gasteiger partial charge in [-0.2, -0.15) is 0 Å². The van der Waals surface area contributed by atoms with Crippen LogP contribution in [0, 0.1) is 3.57 Å². The topological polar surface area (TPSA) is 35.2 Å². The number of rotatable bonds is 3. The highest BCUT2D eigenvalue weighted by Crippen LogP contribution is 2.31. The van der Waals surface area contributed by atoms with Gasteiger partial charge in [-0.05, 0) is 82.8 Å². The first-order chi connectivity index (χ1) is 9.72. The first-order valence-electron chi connectivity index (χ1n) is 6.98. The molecule has 2 aromatic rings. The molecule has 0 bridgehead atoms. The van der Waals surface area contributed by atoms with Crippen LogP contribution in [-0.4, -0.2) is 0 Å². The molecule has 1 atom stereocenters. The van der Waals surface area contributed by atoms with Gasteiger partial charge in [0.05, 0.1) is 0 Å². The quantitative estimate of drug-likeness (QED) is 0.812. The second kappa shape index (κ2) is 6.14. The standard InChI is InChI=1S/C17H18INO/c18-14-7-4-12(5-8-14)11-20-15-9-6-13-2-1-3-17(19)16(13)10-15/h4-10,17H,1-3,11,19H2/t17-/m1/s1. The molecule has 0 saturated carbocycles. The molecule has 2 nitrogen and oxygen atoms in total. The minimum Gasteiger partial charge on any atom is -0.489 e. The van der Waals surface area contributed by atoms with Gasteiger partial charge in [0.15, 0.2) is 0 Å². The van der Waals surface area contributed by atoms with Gasteiger partial charge in [0, 0.05) is 9.61 Å². The summed E-state index contributed by atoms with van der Waals surface area (Å²) in [6.07, 6.45) is 3.41. The minimum atomic E-state index is 0.167. The molecule has 2 N–H and O–H groups in total. The Morgan fingerprint density at radius 2 is 1.95 bits per heavy atom. The van der Waals surface area contributed by atoms with Crippen LogP contribution in [0.15, 0.2) is 42.5 Å². The average Bonchev–Trinajstić information content (AvgIpc) is 2.47. The van der Waals surface area contributed by atoms with Crippen LogP contribution < -0.4 is 10.5 Å². The van der Waals surface area contributed by atoms with Crippen molar-refractivity contribution in [2.24, 2.45) is 5.73 Å². The van der Waals surface area contributed by atoms with Gasteiger partial charge in [-0.1, -0.05) is 18.2 Å². The number of halogens is 1. The Kier molecular flexibility index (Phi) is 4.27. The molecule has 3 rings (SSSR count). The Hall–Kier alpha value is -1.07. The average molecular weight is 379 g/mol. The van der Waals surface area contributed by atoms with Crippen molar-refractivity contribution in [2.75, 3.05) is 0 Å². The maximum absolute atomic E-state index is 6.18. The Balaban J connectivity index is 1.72. The van der Waals surface area contributed by atoms with Crippen LogP contribution in [0.5, 0.6) is 5.75 Å². The third-order valence-electron chi connectivity index (χ3n) is 3.80. The van der Waals surface area contributed by atoms with E-state index in [1.807, 2.05) is 0 Å². The third-order valence-corrected chi connectivity index (χ3v) is 4.52. The zero-order chi connectivity index (χ0) is 13.9. The van der Waals surface area contributed by atoms with E-state index in [1.165, 1.54) is 26.7 Å². The summed E-state index contributed by atoms with van der Waals surface area (Å²) in [4.78, 5) is 0. The van der Waals surface area contributed by atoms with Crippen LogP contribution in [0.2, 0.25) is 0 Å². The molecule has 0 aliphatic heterocycles. The van der Waals surface area contributed by atoms with E-state index in [0.717, 1.165) is 18.6 Å². The maximum Gasteiger partial charge on any atom is 0.120 e. The minimum absolute atomic E-state index is 0.167. The predicted molar refractivity (Wildman–Crippen MR) is 89.8 cm³/mol. The summed E-state index contributed by atoms with van der Waals surface area (Å²) in [5.74, 6) is 0.916. The molecule has 0 heterocycles. The molecule has 0 radical (unpaired) electrons. The molecule has 104 valence electrons. The molecule has 0 amide bonds. The SMILES string of the molecule is N[C@@H]1CCCc2ccc(OCc3ccc(I)cc3)cc21. The zero-order valence-corrected chi connectivity index (χ0v) is 13.5. The highest BCUT2D eigenvalue weighted by atomic mass is 127. The maximum atomic E-state index is 6.18. The van der Waals surface area contributed by atoms with E-state index >= 15 is 0 Å². The smallest absolute Gasteiger partial charge is 0.120 e. The fraction of sp³-hybridized carbons (Fsp3) is 0.294. The van der Waals surface area contributed by atoms with Crippen LogP contribution in [0.4, 0.5) is 0 Å². The highest BCUT2D eigenvalue weighted by molar-refractivity contribution is 14.1. The third kappa shape index (κ3) is 3.15. The van der Waals surface area contributed by atoms with Gasteiger partial charge in [0.1, 0.15) is 12.4 Å². The van der Waals surface area contributed by atoms with Crippen LogP contribution in [0.1, 0.15) is 35.6 Å². The number of nitrogens with two attached hydrogens (primary N) is 1. The molecular formula is C17H18INO. The first-order valence-corrected chi connectivity index (χ1v) is 8.06. The van der Waals surface area contributed by atoms with Crippen LogP contribution >= 0.6 is 22.6 Å². The summed E-state index contributed by atoms with van der Waals surface area (Å²) in [7, 11) is 0. The molecule has 0 aromatic heterocycles. The number of hydrogen-bond donors (Lipinski definition) is 1. The van der Waals surface area contributed by atoms with Crippen LogP contribution in [-0.2, 0) is 13.0 Å². The molecule has 1 aliphatic carbocycles. The van der Waals surface area contributed by atoms with Crippen LogP contribution in [0.3, 0.4) is 0 Å². The molecule has 2 aromatic carbocycles. The van der Waals surface area contributed by atoms with Crippen molar-refractivity contribution >= 4 is 22.6 Å². The molecule has 20 heavy (non-hydrogen) atoms. The van der Waals surface area contributed by atoms with Gasteiger partial charge in [-0.15, -0.1) is 0 Å².